The monoisotopic (exact) mass is 277 g/mol. The van der Waals surface area contributed by atoms with E-state index < -0.39 is 5.60 Å². The third-order valence-electron chi connectivity index (χ3n) is 4.93. The van der Waals surface area contributed by atoms with E-state index in [-0.39, 0.29) is 5.92 Å². The zero-order valence-corrected chi connectivity index (χ0v) is 11.6. The Bertz CT molecular complexity index is 720. The third kappa shape index (κ3) is 1.30. The van der Waals surface area contributed by atoms with Gasteiger partial charge in [-0.25, -0.2) is 0 Å². The lowest BCUT2D eigenvalue weighted by molar-refractivity contribution is -0.0371. The molecule has 1 aliphatic carbocycles. The fourth-order valence-electron chi connectivity index (χ4n) is 4.01. The number of hydrogen-bond acceptors (Lipinski definition) is 3. The second-order valence-electron chi connectivity index (χ2n) is 5.88. The molecule has 2 heterocycles. The molecule has 2 aliphatic heterocycles. The van der Waals surface area contributed by atoms with Crippen molar-refractivity contribution < 1.29 is 9.57 Å². The van der Waals surface area contributed by atoms with E-state index in [9.17, 15) is 0 Å². The van der Waals surface area contributed by atoms with Crippen molar-refractivity contribution in [1.82, 2.24) is 0 Å². The van der Waals surface area contributed by atoms with E-state index >= 15 is 0 Å². The van der Waals surface area contributed by atoms with Crippen LogP contribution in [0.4, 0.5) is 0 Å². The molecule has 5 rings (SSSR count). The molecular weight excluding hydrogens is 262 g/mol. The van der Waals surface area contributed by atoms with Gasteiger partial charge in [-0.2, -0.15) is 0 Å². The first-order chi connectivity index (χ1) is 10.4. The summed E-state index contributed by atoms with van der Waals surface area (Å²) in [6.07, 6.45) is 0.872. The largest absolute Gasteiger partial charge is 0.380 e. The van der Waals surface area contributed by atoms with Crippen LogP contribution in [0, 0.1) is 5.92 Å². The molecule has 0 amide bonds. The highest BCUT2D eigenvalue weighted by molar-refractivity contribution is 5.93. The summed E-state index contributed by atoms with van der Waals surface area (Å²) in [4.78, 5) is 6.11. The van der Waals surface area contributed by atoms with Gasteiger partial charge in [-0.15, -0.1) is 0 Å². The molecule has 2 aromatic rings. The molecule has 104 valence electrons. The molecule has 3 heteroatoms. The van der Waals surface area contributed by atoms with Gasteiger partial charge in [0, 0.05) is 17.5 Å². The van der Waals surface area contributed by atoms with Crippen molar-refractivity contribution >= 4 is 5.71 Å². The number of benzene rings is 2. The van der Waals surface area contributed by atoms with Gasteiger partial charge >= 0.3 is 0 Å². The Balaban J connectivity index is 1.81. The van der Waals surface area contributed by atoms with E-state index in [2.05, 4.69) is 53.7 Å². The van der Waals surface area contributed by atoms with Gasteiger partial charge in [-0.05, 0) is 11.1 Å². The number of nitrogens with zero attached hydrogens (tertiary/aromatic N) is 1. The molecule has 1 spiro atoms. The van der Waals surface area contributed by atoms with Crippen molar-refractivity contribution in [3.8, 4) is 11.1 Å². The van der Waals surface area contributed by atoms with Crippen molar-refractivity contribution in [2.24, 2.45) is 11.1 Å². The maximum Gasteiger partial charge on any atom is 0.199 e. The Labute approximate surface area is 123 Å². The zero-order valence-electron chi connectivity index (χ0n) is 11.6. The van der Waals surface area contributed by atoms with Crippen molar-refractivity contribution in [3.63, 3.8) is 0 Å². The van der Waals surface area contributed by atoms with Gasteiger partial charge in [0.15, 0.2) is 5.60 Å². The van der Waals surface area contributed by atoms with Gasteiger partial charge in [0.2, 0.25) is 0 Å². The average molecular weight is 277 g/mol. The molecular formula is C18H15NO2. The first-order valence-electron chi connectivity index (χ1n) is 7.43. The molecule has 2 aromatic carbocycles. The predicted molar refractivity (Wildman–Crippen MR) is 80.1 cm³/mol. The highest BCUT2D eigenvalue weighted by Crippen LogP contribution is 2.56. The standard InChI is InChI=1S/C18H15NO2/c1-3-7-14-12(5-1)13-6-2-4-8-15(13)18(14)16-11-20-10-9-17(16)19-21-18/h1-8,16H,9-11H2. The quantitative estimate of drug-likeness (QED) is 0.739. The van der Waals surface area contributed by atoms with Crippen LogP contribution in [0.25, 0.3) is 11.1 Å². The van der Waals surface area contributed by atoms with Crippen molar-refractivity contribution in [2.75, 3.05) is 13.2 Å². The molecule has 0 aromatic heterocycles. The Kier molecular flexibility index (Phi) is 2.17. The summed E-state index contributed by atoms with van der Waals surface area (Å²) in [6.45, 7) is 1.43. The van der Waals surface area contributed by atoms with Gasteiger partial charge < -0.3 is 9.57 Å². The van der Waals surface area contributed by atoms with Crippen LogP contribution in [0.3, 0.4) is 0 Å². The van der Waals surface area contributed by atoms with Gasteiger partial charge in [0.1, 0.15) is 0 Å². The molecule has 1 fully saturated rings. The maximum atomic E-state index is 6.11. The Morgan fingerprint density at radius 3 is 2.33 bits per heavy atom. The van der Waals surface area contributed by atoms with E-state index in [1.54, 1.807) is 0 Å². The molecule has 1 saturated heterocycles. The van der Waals surface area contributed by atoms with E-state index in [4.69, 9.17) is 9.57 Å². The predicted octanol–water partition coefficient (Wildman–Crippen LogP) is 3.33. The second-order valence-corrected chi connectivity index (χ2v) is 5.88. The van der Waals surface area contributed by atoms with Crippen molar-refractivity contribution in [3.05, 3.63) is 59.7 Å². The summed E-state index contributed by atoms with van der Waals surface area (Å²) in [5.74, 6) is 0.191. The summed E-state index contributed by atoms with van der Waals surface area (Å²) in [6, 6.07) is 17.0. The summed E-state index contributed by atoms with van der Waals surface area (Å²) in [5.41, 5.74) is 5.63. The minimum absolute atomic E-state index is 0.191. The van der Waals surface area contributed by atoms with Crippen LogP contribution in [0.5, 0.6) is 0 Å². The smallest absolute Gasteiger partial charge is 0.199 e. The lowest BCUT2D eigenvalue weighted by Crippen LogP contribution is -2.41. The zero-order chi connectivity index (χ0) is 13.9. The summed E-state index contributed by atoms with van der Waals surface area (Å²) in [7, 11) is 0. The van der Waals surface area contributed by atoms with Crippen molar-refractivity contribution in [1.29, 1.82) is 0 Å². The number of hydrogen-bond donors (Lipinski definition) is 0. The lowest BCUT2D eigenvalue weighted by Gasteiger charge is -2.33. The van der Waals surface area contributed by atoms with E-state index in [0.717, 1.165) is 18.7 Å². The Hall–Kier alpha value is -2.13. The van der Waals surface area contributed by atoms with Crippen LogP contribution >= 0.6 is 0 Å². The van der Waals surface area contributed by atoms with Crippen LogP contribution < -0.4 is 0 Å². The molecule has 0 saturated carbocycles. The summed E-state index contributed by atoms with van der Waals surface area (Å²) < 4.78 is 5.74. The van der Waals surface area contributed by atoms with Gasteiger partial charge in [-0.1, -0.05) is 53.7 Å². The number of fused-ring (bicyclic) bond motifs is 7. The lowest BCUT2D eigenvalue weighted by atomic mass is 9.76. The van der Waals surface area contributed by atoms with E-state index in [0.29, 0.717) is 6.61 Å². The molecule has 0 bridgehead atoms. The minimum atomic E-state index is -0.483. The van der Waals surface area contributed by atoms with E-state index in [1.165, 1.54) is 22.3 Å². The molecule has 1 atom stereocenters. The topological polar surface area (TPSA) is 30.8 Å². The normalized spacial score (nSPS) is 24.0. The summed E-state index contributed by atoms with van der Waals surface area (Å²) in [5, 5.41) is 4.43. The fourth-order valence-corrected chi connectivity index (χ4v) is 4.01. The first-order valence-corrected chi connectivity index (χ1v) is 7.43. The molecule has 3 aliphatic rings. The van der Waals surface area contributed by atoms with Gasteiger partial charge in [0.05, 0.1) is 24.8 Å². The highest BCUT2D eigenvalue weighted by atomic mass is 16.7. The molecule has 3 nitrogen and oxygen atoms in total. The average Bonchev–Trinajstić information content (AvgIpc) is 3.08. The van der Waals surface area contributed by atoms with Crippen LogP contribution in [-0.4, -0.2) is 18.9 Å². The SMILES string of the molecule is c1ccc2c(c1)-c1ccccc1C21ON=C2CCOCC21. The second kappa shape index (κ2) is 3.95. The fraction of sp³-hybridized carbons (Fsp3) is 0.278. The number of ether oxygens (including phenoxy) is 1. The van der Waals surface area contributed by atoms with E-state index in [1.807, 2.05) is 0 Å². The first kappa shape index (κ1) is 11.5. The molecule has 0 N–H and O–H groups in total. The number of oxime groups is 1. The molecule has 1 unspecified atom stereocenters. The Morgan fingerprint density at radius 2 is 1.62 bits per heavy atom. The van der Waals surface area contributed by atoms with Crippen LogP contribution in [0.2, 0.25) is 0 Å². The number of rotatable bonds is 0. The minimum Gasteiger partial charge on any atom is -0.380 e. The van der Waals surface area contributed by atoms with Crippen LogP contribution in [0.1, 0.15) is 17.5 Å². The Morgan fingerprint density at radius 1 is 0.952 bits per heavy atom. The van der Waals surface area contributed by atoms with Crippen molar-refractivity contribution in [2.45, 2.75) is 12.0 Å². The highest BCUT2D eigenvalue weighted by Gasteiger charge is 2.57. The maximum absolute atomic E-state index is 6.11. The molecule has 21 heavy (non-hydrogen) atoms. The van der Waals surface area contributed by atoms with Crippen LogP contribution in [-0.2, 0) is 15.2 Å². The third-order valence-corrected chi connectivity index (χ3v) is 4.93. The molecule has 0 radical (unpaired) electrons. The summed E-state index contributed by atoms with van der Waals surface area (Å²) >= 11 is 0. The van der Waals surface area contributed by atoms with Crippen LogP contribution in [0.15, 0.2) is 53.7 Å². The van der Waals surface area contributed by atoms with Gasteiger partial charge in [0.25, 0.3) is 0 Å². The van der Waals surface area contributed by atoms with Gasteiger partial charge in [-0.3, -0.25) is 0 Å².